The van der Waals surface area contributed by atoms with Crippen molar-refractivity contribution in [3.05, 3.63) is 33.3 Å². The van der Waals surface area contributed by atoms with Crippen LogP contribution in [0.5, 0.6) is 0 Å². The Kier molecular flexibility index (Phi) is 3.51. The molecule has 0 fully saturated rings. The molecule has 0 aliphatic carbocycles. The third kappa shape index (κ3) is 2.44. The number of hydrogen-bond donors (Lipinski definition) is 1. The van der Waals surface area contributed by atoms with Gasteiger partial charge in [-0.25, -0.2) is 0 Å². The molecule has 1 unspecified atom stereocenters. The predicted molar refractivity (Wildman–Crippen MR) is 66.8 cm³/mol. The van der Waals surface area contributed by atoms with Gasteiger partial charge in [0.05, 0.1) is 6.10 Å². The molecule has 15 heavy (non-hydrogen) atoms. The molecule has 1 N–H and O–H groups in total. The molecule has 1 aromatic carbocycles. The number of aliphatic hydroxyl groups excluding tert-OH is 1. The third-order valence-electron chi connectivity index (χ3n) is 2.62. The van der Waals surface area contributed by atoms with E-state index in [1.165, 1.54) is 0 Å². The third-order valence-corrected chi connectivity index (χ3v) is 4.39. The second-order valence-electron chi connectivity index (χ2n) is 3.83. The van der Waals surface area contributed by atoms with Crippen molar-refractivity contribution in [1.29, 1.82) is 0 Å². The predicted octanol–water partition coefficient (Wildman–Crippen LogP) is 4.05. The molecule has 0 bridgehead atoms. The lowest BCUT2D eigenvalue weighted by molar-refractivity contribution is 0.168. The summed E-state index contributed by atoms with van der Waals surface area (Å²) in [7, 11) is 0. The molecule has 0 saturated carbocycles. The molecule has 1 heterocycles. The maximum Gasteiger partial charge on any atom is 0.0804 e. The van der Waals surface area contributed by atoms with Gasteiger partial charge in [-0.3, -0.25) is 0 Å². The SMILES string of the molecule is CC1C[C@H](O)c2cc(Cl)cc(Cl)c2CS1. The van der Waals surface area contributed by atoms with Crippen molar-refractivity contribution in [3.63, 3.8) is 0 Å². The van der Waals surface area contributed by atoms with Gasteiger partial charge < -0.3 is 5.11 Å². The van der Waals surface area contributed by atoms with Gasteiger partial charge in [-0.05, 0) is 29.7 Å². The Balaban J connectivity index is 2.48. The molecule has 4 heteroatoms. The summed E-state index contributed by atoms with van der Waals surface area (Å²) in [5, 5.41) is 11.7. The lowest BCUT2D eigenvalue weighted by Crippen LogP contribution is -2.03. The van der Waals surface area contributed by atoms with E-state index in [1.54, 1.807) is 6.07 Å². The van der Waals surface area contributed by atoms with Crippen molar-refractivity contribution >= 4 is 35.0 Å². The van der Waals surface area contributed by atoms with E-state index < -0.39 is 6.10 Å². The number of hydrogen-bond acceptors (Lipinski definition) is 2. The first-order chi connectivity index (χ1) is 7.08. The molecule has 0 amide bonds. The molecule has 2 rings (SSSR count). The Bertz CT molecular complexity index is 381. The van der Waals surface area contributed by atoms with Crippen LogP contribution in [-0.2, 0) is 5.75 Å². The van der Waals surface area contributed by atoms with Crippen molar-refractivity contribution in [3.8, 4) is 0 Å². The fraction of sp³-hybridized carbons (Fsp3) is 0.455. The van der Waals surface area contributed by atoms with Crippen LogP contribution >= 0.6 is 35.0 Å². The topological polar surface area (TPSA) is 20.2 Å². The van der Waals surface area contributed by atoms with Crippen LogP contribution in [0, 0.1) is 0 Å². The van der Waals surface area contributed by atoms with Crippen LogP contribution < -0.4 is 0 Å². The van der Waals surface area contributed by atoms with Gasteiger partial charge in [0.15, 0.2) is 0 Å². The molecule has 1 aliphatic heterocycles. The van der Waals surface area contributed by atoms with E-state index in [4.69, 9.17) is 23.2 Å². The number of rotatable bonds is 0. The second kappa shape index (κ2) is 4.54. The fourth-order valence-corrected chi connectivity index (χ4v) is 3.55. The lowest BCUT2D eigenvalue weighted by Gasteiger charge is -2.13. The van der Waals surface area contributed by atoms with Crippen molar-refractivity contribution < 1.29 is 5.11 Å². The average molecular weight is 263 g/mol. The molecule has 0 radical (unpaired) electrons. The van der Waals surface area contributed by atoms with Gasteiger partial charge in [0.1, 0.15) is 0 Å². The fourth-order valence-electron chi connectivity index (χ4n) is 1.81. The van der Waals surface area contributed by atoms with Crippen LogP contribution in [0.1, 0.15) is 30.6 Å². The van der Waals surface area contributed by atoms with Gasteiger partial charge in [-0.1, -0.05) is 30.1 Å². The first-order valence-corrected chi connectivity index (χ1v) is 6.66. The van der Waals surface area contributed by atoms with Crippen molar-refractivity contribution in [2.75, 3.05) is 0 Å². The second-order valence-corrected chi connectivity index (χ2v) is 6.10. The van der Waals surface area contributed by atoms with Gasteiger partial charge in [-0.2, -0.15) is 11.8 Å². The molecule has 2 atom stereocenters. The summed E-state index contributed by atoms with van der Waals surface area (Å²) < 4.78 is 0. The highest BCUT2D eigenvalue weighted by atomic mass is 35.5. The van der Waals surface area contributed by atoms with Gasteiger partial charge in [0.25, 0.3) is 0 Å². The van der Waals surface area contributed by atoms with Crippen molar-refractivity contribution in [2.24, 2.45) is 0 Å². The minimum atomic E-state index is -0.443. The van der Waals surface area contributed by atoms with Crippen LogP contribution in [-0.4, -0.2) is 10.4 Å². The number of aliphatic hydroxyl groups is 1. The smallest absolute Gasteiger partial charge is 0.0804 e. The number of benzene rings is 1. The molecule has 0 spiro atoms. The first kappa shape index (κ1) is 11.6. The summed E-state index contributed by atoms with van der Waals surface area (Å²) in [5.41, 5.74) is 1.92. The first-order valence-electron chi connectivity index (χ1n) is 4.85. The zero-order valence-electron chi connectivity index (χ0n) is 8.34. The monoisotopic (exact) mass is 262 g/mol. The van der Waals surface area contributed by atoms with Gasteiger partial charge in [-0.15, -0.1) is 0 Å². The summed E-state index contributed by atoms with van der Waals surface area (Å²) in [6, 6.07) is 3.57. The van der Waals surface area contributed by atoms with E-state index in [0.717, 1.165) is 23.3 Å². The van der Waals surface area contributed by atoms with E-state index in [-0.39, 0.29) is 0 Å². The molecule has 1 aromatic rings. The molecule has 0 saturated heterocycles. The maximum absolute atomic E-state index is 10.0. The zero-order chi connectivity index (χ0) is 11.0. The van der Waals surface area contributed by atoms with Gasteiger partial charge in [0.2, 0.25) is 0 Å². The van der Waals surface area contributed by atoms with E-state index >= 15 is 0 Å². The molecule has 0 aromatic heterocycles. The summed E-state index contributed by atoms with van der Waals surface area (Å²) >= 11 is 13.9. The Morgan fingerprint density at radius 2 is 2.13 bits per heavy atom. The molecular weight excluding hydrogens is 251 g/mol. The van der Waals surface area contributed by atoms with Crippen molar-refractivity contribution in [2.45, 2.75) is 30.5 Å². The molecule has 82 valence electrons. The van der Waals surface area contributed by atoms with Crippen LogP contribution in [0.2, 0.25) is 10.0 Å². The van der Waals surface area contributed by atoms with Crippen LogP contribution in [0.3, 0.4) is 0 Å². The quantitative estimate of drug-likeness (QED) is 0.761. The summed E-state index contributed by atoms with van der Waals surface area (Å²) in [6.45, 7) is 2.12. The van der Waals surface area contributed by atoms with Crippen LogP contribution in [0.15, 0.2) is 12.1 Å². The Morgan fingerprint density at radius 3 is 2.87 bits per heavy atom. The summed E-state index contributed by atoms with van der Waals surface area (Å²) in [5.74, 6) is 0.851. The molecular formula is C11H12Cl2OS. The number of halogens is 2. The standard InChI is InChI=1S/C11H12Cl2OS/c1-6-2-11(14)8-3-7(12)4-10(13)9(8)5-15-6/h3-4,6,11,14H,2,5H2,1H3/t6?,11-/m0/s1. The maximum atomic E-state index is 10.0. The Hall–Kier alpha value is 0.110. The van der Waals surface area contributed by atoms with Crippen LogP contribution in [0.4, 0.5) is 0 Å². The highest BCUT2D eigenvalue weighted by molar-refractivity contribution is 7.99. The number of thioether (sulfide) groups is 1. The lowest BCUT2D eigenvalue weighted by atomic mass is 10.0. The van der Waals surface area contributed by atoms with Crippen LogP contribution in [0.25, 0.3) is 0 Å². The molecule has 1 nitrogen and oxygen atoms in total. The van der Waals surface area contributed by atoms with E-state index in [9.17, 15) is 5.11 Å². The summed E-state index contributed by atoms with van der Waals surface area (Å²) in [4.78, 5) is 0. The normalized spacial score (nSPS) is 25.9. The van der Waals surface area contributed by atoms with E-state index in [0.29, 0.717) is 15.3 Å². The van der Waals surface area contributed by atoms with Gasteiger partial charge >= 0.3 is 0 Å². The molecule has 1 aliphatic rings. The minimum absolute atomic E-state index is 0.443. The minimum Gasteiger partial charge on any atom is -0.388 e. The highest BCUT2D eigenvalue weighted by Gasteiger charge is 2.23. The Labute approximate surface area is 104 Å². The average Bonchev–Trinajstić information content (AvgIpc) is 2.27. The van der Waals surface area contributed by atoms with Gasteiger partial charge in [0, 0.05) is 21.0 Å². The largest absolute Gasteiger partial charge is 0.388 e. The van der Waals surface area contributed by atoms with E-state index in [1.807, 2.05) is 17.8 Å². The van der Waals surface area contributed by atoms with Crippen molar-refractivity contribution in [1.82, 2.24) is 0 Å². The summed E-state index contributed by atoms with van der Waals surface area (Å²) in [6.07, 6.45) is 0.315. The number of fused-ring (bicyclic) bond motifs is 1. The Morgan fingerprint density at radius 1 is 1.40 bits per heavy atom. The van der Waals surface area contributed by atoms with E-state index in [2.05, 4.69) is 6.92 Å². The zero-order valence-corrected chi connectivity index (χ0v) is 10.7. The highest BCUT2D eigenvalue weighted by Crippen LogP contribution is 2.39.